The van der Waals surface area contributed by atoms with Crippen LogP contribution in [0.5, 0.6) is 0 Å². The molecule has 12 rings (SSSR count). The summed E-state index contributed by atoms with van der Waals surface area (Å²) in [7, 11) is 0. The standard InChI is InChI=1S/C28H29ClN2O7S.C24H26BrClO7S.C21H21ClN2O5S.C5H6N2/c1-5-23-26(35-15(2)32)28(37-17(4)34)27(36-16(3)33)25(38-23)18-6-8-21(29)19(12-18)13-20-7-9-24(39-20)22-14-30-10-11-31-22;1-5-19-22(30-12(2)27)24(32-14(4)29)23(31-13(3)28)21(33-19)15-6-8-18(26)16(10-15)11-17-7-9-20(25)34-17;22-14-3-1-11(21-20(28)19(27)18(26)16(10-25)29-21)7-12(14)8-13-2-4-17(30-13)15-9-23-5-6-24-15;1-5-4-6-2-3-7-5/h6-12,14,23,25-28H,5,13H2,1-4H3;6-10,19,21-24H,5,11H2,1-4H3;1-7,9,16,18-21,25-28H,8,10H2;2-4H,1H3/t23-,25+,26-,27+,28+;19-,21+,22-,23+,24+;16-,18-,19+,20-,21+;/m111./s1. The number of esters is 6. The lowest BCUT2D eigenvalue weighted by Gasteiger charge is -2.44. The third-order valence-corrected chi connectivity index (χ3v) is 22.3. The molecule has 0 bridgehead atoms. The summed E-state index contributed by atoms with van der Waals surface area (Å²) in [4.78, 5) is 102. The van der Waals surface area contributed by atoms with Crippen LogP contribution in [0.3, 0.4) is 0 Å². The zero-order valence-corrected chi connectivity index (χ0v) is 67.4. The summed E-state index contributed by atoms with van der Waals surface area (Å²) in [5.74, 6) is -3.48. The predicted molar refractivity (Wildman–Crippen MR) is 414 cm³/mol. The Morgan fingerprint density at radius 2 is 0.782 bits per heavy atom. The molecule has 25 nitrogen and oxygen atoms in total. The molecule has 3 fully saturated rings. The zero-order valence-electron chi connectivity index (χ0n) is 61.1. The Kier molecular flexibility index (Phi) is 31.9. The van der Waals surface area contributed by atoms with Gasteiger partial charge in [0.1, 0.15) is 42.7 Å². The molecule has 0 radical (unpaired) electrons. The molecule has 0 unspecified atom stereocenters. The van der Waals surface area contributed by atoms with Crippen LogP contribution < -0.4 is 0 Å². The fraction of sp³-hybridized carbons (Fsp3) is 0.385. The number of aliphatic hydroxyl groups excluding tert-OH is 4. The molecule has 0 spiro atoms. The minimum atomic E-state index is -1.42. The van der Waals surface area contributed by atoms with Gasteiger partial charge >= 0.3 is 35.8 Å². The Balaban J connectivity index is 0.000000182. The molecule has 584 valence electrons. The van der Waals surface area contributed by atoms with Crippen molar-refractivity contribution in [3.63, 3.8) is 0 Å². The molecule has 4 N–H and O–H groups in total. The predicted octanol–water partition coefficient (Wildman–Crippen LogP) is 13.2. The van der Waals surface area contributed by atoms with E-state index in [4.69, 9.17) is 77.4 Å². The monoisotopic (exact) mass is 1690 g/mol. The van der Waals surface area contributed by atoms with E-state index in [0.717, 1.165) is 61.9 Å². The van der Waals surface area contributed by atoms with Crippen molar-refractivity contribution in [2.24, 2.45) is 0 Å². The van der Waals surface area contributed by atoms with Crippen LogP contribution in [0.15, 0.2) is 151 Å². The van der Waals surface area contributed by atoms with Crippen LogP contribution in [0.4, 0.5) is 0 Å². The Bertz CT molecular complexity index is 4570. The van der Waals surface area contributed by atoms with Crippen LogP contribution >= 0.6 is 84.7 Å². The van der Waals surface area contributed by atoms with Crippen LogP contribution in [-0.4, -0.2) is 166 Å². The topological polar surface area (TPSA) is 344 Å². The van der Waals surface area contributed by atoms with E-state index >= 15 is 0 Å². The second-order valence-electron chi connectivity index (χ2n) is 25.5. The van der Waals surface area contributed by atoms with Gasteiger partial charge in [-0.3, -0.25) is 58.7 Å². The highest BCUT2D eigenvalue weighted by Crippen LogP contribution is 2.43. The molecule has 0 saturated carbocycles. The molecule has 3 saturated heterocycles. The van der Waals surface area contributed by atoms with Crippen molar-refractivity contribution in [2.45, 2.75) is 186 Å². The van der Waals surface area contributed by atoms with Gasteiger partial charge in [0, 0.05) is 134 Å². The summed E-state index contributed by atoms with van der Waals surface area (Å²) in [5.41, 5.74) is 7.09. The average Bonchev–Trinajstić information content (AvgIpc) is 0.862. The molecule has 9 heterocycles. The number of carbonyl (C=O) groups excluding carboxylic acids is 6. The molecule has 32 heteroatoms. The van der Waals surface area contributed by atoms with E-state index in [1.165, 1.54) is 41.5 Å². The average molecular weight is 1690 g/mol. The normalized spacial score (nSPS) is 23.4. The van der Waals surface area contributed by atoms with Crippen molar-refractivity contribution < 1.29 is 91.8 Å². The molecule has 15 atom stereocenters. The first-order chi connectivity index (χ1) is 52.6. The summed E-state index contributed by atoms with van der Waals surface area (Å²) in [5, 5.41) is 41.6. The molecule has 9 aromatic rings. The number of benzene rings is 3. The van der Waals surface area contributed by atoms with Gasteiger partial charge in [-0.1, -0.05) is 85.0 Å². The van der Waals surface area contributed by atoms with E-state index in [9.17, 15) is 49.2 Å². The van der Waals surface area contributed by atoms with Gasteiger partial charge in [0.15, 0.2) is 36.6 Å². The Labute approximate surface area is 670 Å². The van der Waals surface area contributed by atoms with Crippen molar-refractivity contribution in [2.75, 3.05) is 6.61 Å². The van der Waals surface area contributed by atoms with E-state index in [0.29, 0.717) is 63.9 Å². The minimum Gasteiger partial charge on any atom is -0.456 e. The summed E-state index contributed by atoms with van der Waals surface area (Å²) < 4.78 is 52.7. The minimum absolute atomic E-state index is 0.458. The molecular formula is C78H82BrCl3N6O19S3. The highest BCUT2D eigenvalue weighted by Gasteiger charge is 2.53. The summed E-state index contributed by atoms with van der Waals surface area (Å²) in [6.07, 6.45) is 2.85. The fourth-order valence-corrected chi connectivity index (χ4v) is 16.6. The Hall–Kier alpha value is -8.11. The highest BCUT2D eigenvalue weighted by molar-refractivity contribution is 9.11. The fourth-order valence-electron chi connectivity index (χ4n) is 12.5. The number of ether oxygens (including phenoxy) is 9. The van der Waals surface area contributed by atoms with Crippen molar-refractivity contribution in [1.82, 2.24) is 29.9 Å². The second kappa shape index (κ2) is 40.9. The molecule has 0 aliphatic carbocycles. The van der Waals surface area contributed by atoms with Gasteiger partial charge in [0.2, 0.25) is 0 Å². The smallest absolute Gasteiger partial charge is 0.303 e. The van der Waals surface area contributed by atoms with E-state index in [-0.39, 0.29) is 0 Å². The van der Waals surface area contributed by atoms with Gasteiger partial charge in [-0.05, 0) is 124 Å². The van der Waals surface area contributed by atoms with Gasteiger partial charge in [0.05, 0.1) is 61.8 Å². The van der Waals surface area contributed by atoms with Crippen LogP contribution in [0.2, 0.25) is 15.1 Å². The van der Waals surface area contributed by atoms with E-state index in [1.54, 1.807) is 126 Å². The Morgan fingerprint density at radius 3 is 1.11 bits per heavy atom. The first-order valence-electron chi connectivity index (χ1n) is 34.8. The van der Waals surface area contributed by atoms with Gasteiger partial charge in [-0.25, -0.2) is 0 Å². The van der Waals surface area contributed by atoms with Crippen molar-refractivity contribution in [3.05, 3.63) is 219 Å². The zero-order chi connectivity index (χ0) is 79.5. The van der Waals surface area contributed by atoms with Crippen molar-refractivity contribution >= 4 is 121 Å². The first kappa shape index (κ1) is 85.9. The lowest BCUT2D eigenvalue weighted by atomic mass is 9.88. The SMILES string of the molecule is CC[C@H]1O[C@@H](c2ccc(Cl)c(Cc3ccc(-c4cnccn4)s3)c2)[C@H](OC(C)=O)[C@@H](OC(C)=O)[C@@H]1OC(C)=O.CC[C@H]1O[C@@H](c2ccc(Cl)c(Cc3ccc(Br)s3)c2)[C@H](OC(C)=O)[C@@H](OC(C)=O)[C@@H]1OC(C)=O.Cc1cnccn1.OC[C@H]1O[C@@H](c2ccc(Cl)c(Cc3ccc(-c4cnccn4)s3)c2)[C@H](O)[C@@H](O)[C@@H]1O. The van der Waals surface area contributed by atoms with E-state index in [1.807, 2.05) is 75.4 Å². The van der Waals surface area contributed by atoms with Crippen LogP contribution in [0.1, 0.15) is 140 Å². The summed E-state index contributed by atoms with van der Waals surface area (Å²) in [6.45, 7) is 12.7. The number of halogens is 4. The lowest BCUT2D eigenvalue weighted by Crippen LogP contribution is -2.58. The van der Waals surface area contributed by atoms with Gasteiger partial charge in [0.25, 0.3) is 0 Å². The number of thiophene rings is 3. The summed E-state index contributed by atoms with van der Waals surface area (Å²) >= 11 is 27.7. The van der Waals surface area contributed by atoms with Crippen molar-refractivity contribution in [3.8, 4) is 21.1 Å². The molecular weight excluding hydrogens is 1610 g/mol. The van der Waals surface area contributed by atoms with Gasteiger partial charge < -0.3 is 63.1 Å². The van der Waals surface area contributed by atoms with Crippen LogP contribution in [0, 0.1) is 6.92 Å². The first-order valence-corrected chi connectivity index (χ1v) is 39.2. The third kappa shape index (κ3) is 23.5. The van der Waals surface area contributed by atoms with E-state index < -0.39 is 134 Å². The molecule has 110 heavy (non-hydrogen) atoms. The van der Waals surface area contributed by atoms with Gasteiger partial charge in [-0.2, -0.15) is 0 Å². The molecule has 0 amide bonds. The highest BCUT2D eigenvalue weighted by atomic mass is 79.9. The summed E-state index contributed by atoms with van der Waals surface area (Å²) in [6, 6.07) is 28.1. The number of aryl methyl sites for hydroxylation is 1. The number of rotatable bonds is 20. The number of hydrogen-bond acceptors (Lipinski definition) is 28. The number of nitrogens with zero attached hydrogens (tertiary/aromatic N) is 6. The largest absolute Gasteiger partial charge is 0.456 e. The maximum Gasteiger partial charge on any atom is 0.303 e. The number of aliphatic hydroxyl groups is 4. The quantitative estimate of drug-likeness (QED) is 0.0407. The third-order valence-electron chi connectivity index (χ3n) is 17.3. The van der Waals surface area contributed by atoms with Crippen LogP contribution in [0.25, 0.3) is 21.1 Å². The maximum absolute atomic E-state index is 12.1. The number of carbonyl (C=O) groups is 6. The van der Waals surface area contributed by atoms with Gasteiger partial charge in [-0.15, -0.1) is 34.0 Å². The Morgan fingerprint density at radius 1 is 0.427 bits per heavy atom. The molecule has 3 aromatic carbocycles. The van der Waals surface area contributed by atoms with E-state index in [2.05, 4.69) is 45.8 Å². The number of aromatic nitrogens is 6. The van der Waals surface area contributed by atoms with Crippen LogP contribution in [-0.2, 0) is 90.7 Å². The van der Waals surface area contributed by atoms with Crippen molar-refractivity contribution in [1.29, 1.82) is 0 Å². The maximum atomic E-state index is 12.1. The molecule has 3 aliphatic heterocycles. The molecule has 6 aromatic heterocycles. The number of hydrogen-bond donors (Lipinski definition) is 4. The molecule has 3 aliphatic rings. The second-order valence-corrected chi connectivity index (χ2v) is 31.7. The lowest BCUT2D eigenvalue weighted by molar-refractivity contribution is -0.249.